The molecule has 4 aromatic rings. The molecule has 1 amide bonds. The standard InChI is InChI=1S/C40H51BN2O5Si.ClH/c1-38(2,3)49(31-20-14-10-15-21-31,32-22-16-11-17-23-32)46-28-35(43-37(44)34(42)26-29-18-12-9-13-19-29)30-24-25-36(45-8)33(27-30)41-47-39(4,5)40(6,7)48-41;/h9-25,27,34-35H,26,28,42H2,1-8H3,(H,43,44);1H/t34-,35+;/m1./s1. The summed E-state index contributed by atoms with van der Waals surface area (Å²) in [6.07, 6.45) is 0.525. The first-order chi connectivity index (χ1) is 23.2. The average molecular weight is 715 g/mol. The molecule has 1 aliphatic heterocycles. The summed E-state index contributed by atoms with van der Waals surface area (Å²) < 4.78 is 26.1. The van der Waals surface area contributed by atoms with Crippen molar-refractivity contribution in [2.75, 3.05) is 13.7 Å². The van der Waals surface area contributed by atoms with Crippen LogP contribution in [0.3, 0.4) is 0 Å². The lowest BCUT2D eigenvalue weighted by atomic mass is 9.77. The Labute approximate surface area is 305 Å². The third-order valence-corrected chi connectivity index (χ3v) is 15.1. The Balaban J connectivity index is 0.00000562. The molecule has 0 saturated carbocycles. The maximum atomic E-state index is 13.9. The Morgan fingerprint density at radius 2 is 1.34 bits per heavy atom. The molecule has 0 aliphatic carbocycles. The molecule has 5 rings (SSSR count). The number of quaternary nitrogens is 1. The first-order valence-corrected chi connectivity index (χ1v) is 19.1. The van der Waals surface area contributed by atoms with Crippen molar-refractivity contribution in [3.05, 3.63) is 120 Å². The molecule has 1 fully saturated rings. The molecule has 1 saturated heterocycles. The van der Waals surface area contributed by atoms with Gasteiger partial charge in [-0.15, -0.1) is 0 Å². The van der Waals surface area contributed by atoms with Crippen LogP contribution in [0, 0.1) is 0 Å². The number of nitrogens with one attached hydrogen (secondary N) is 1. The van der Waals surface area contributed by atoms with Crippen molar-refractivity contribution >= 4 is 37.2 Å². The molecule has 4 N–H and O–H groups in total. The van der Waals surface area contributed by atoms with Crippen LogP contribution in [0.15, 0.2) is 109 Å². The molecule has 0 radical (unpaired) electrons. The average Bonchev–Trinajstić information content (AvgIpc) is 3.30. The van der Waals surface area contributed by atoms with E-state index in [9.17, 15) is 4.79 Å². The maximum absolute atomic E-state index is 13.9. The van der Waals surface area contributed by atoms with Crippen LogP contribution < -0.4 is 44.0 Å². The zero-order chi connectivity index (χ0) is 35.5. The predicted molar refractivity (Wildman–Crippen MR) is 200 cm³/mol. The van der Waals surface area contributed by atoms with E-state index in [2.05, 4.69) is 80.4 Å². The number of rotatable bonds is 12. The van der Waals surface area contributed by atoms with Crippen LogP contribution in [0.1, 0.15) is 65.6 Å². The molecule has 0 spiro atoms. The van der Waals surface area contributed by atoms with Gasteiger partial charge in [-0.1, -0.05) is 124 Å². The van der Waals surface area contributed by atoms with Gasteiger partial charge in [0.25, 0.3) is 14.2 Å². The van der Waals surface area contributed by atoms with Gasteiger partial charge in [0.1, 0.15) is 5.75 Å². The van der Waals surface area contributed by atoms with Crippen LogP contribution in [0.2, 0.25) is 5.04 Å². The first-order valence-electron chi connectivity index (χ1n) is 17.1. The van der Waals surface area contributed by atoms with Gasteiger partial charge in [-0.05, 0) is 60.3 Å². The minimum absolute atomic E-state index is 0. The number of methoxy groups -OCH3 is 1. The molecular formula is C40H52BClN2O5Si. The summed E-state index contributed by atoms with van der Waals surface area (Å²) in [7, 11) is -1.92. The van der Waals surface area contributed by atoms with Crippen molar-refractivity contribution in [3.8, 4) is 5.75 Å². The molecule has 0 unspecified atom stereocenters. The topological polar surface area (TPSA) is 93.7 Å². The van der Waals surface area contributed by atoms with Gasteiger partial charge >= 0.3 is 7.12 Å². The molecule has 0 bridgehead atoms. The Morgan fingerprint density at radius 1 is 0.840 bits per heavy atom. The van der Waals surface area contributed by atoms with E-state index >= 15 is 0 Å². The lowest BCUT2D eigenvalue weighted by Crippen LogP contribution is -3.00. The van der Waals surface area contributed by atoms with Gasteiger partial charge < -0.3 is 41.9 Å². The van der Waals surface area contributed by atoms with Crippen molar-refractivity contribution in [2.45, 2.75) is 83.2 Å². The normalized spacial score (nSPS) is 16.6. The summed E-state index contributed by atoms with van der Waals surface area (Å²) in [4.78, 5) is 13.9. The fraction of sp³-hybridized carbons (Fsp3) is 0.375. The number of hydrogen-bond donors (Lipinski definition) is 2. The number of hydrogen-bond acceptors (Lipinski definition) is 5. The van der Waals surface area contributed by atoms with Crippen molar-refractivity contribution in [3.63, 3.8) is 0 Å². The van der Waals surface area contributed by atoms with Crippen LogP contribution >= 0.6 is 0 Å². The molecule has 4 aromatic carbocycles. The highest BCUT2D eigenvalue weighted by Crippen LogP contribution is 2.39. The number of ether oxygens (including phenoxy) is 1. The zero-order valence-corrected chi connectivity index (χ0v) is 32.4. The van der Waals surface area contributed by atoms with Crippen molar-refractivity contribution in [2.24, 2.45) is 0 Å². The van der Waals surface area contributed by atoms with Crippen molar-refractivity contribution in [1.29, 1.82) is 0 Å². The van der Waals surface area contributed by atoms with Gasteiger partial charge in [-0.3, -0.25) is 4.79 Å². The Kier molecular flexibility index (Phi) is 12.5. The third-order valence-electron chi connectivity index (χ3n) is 10.1. The number of carbonyl (C=O) groups excluding carboxylic acids is 1. The number of halogens is 1. The predicted octanol–water partition coefficient (Wildman–Crippen LogP) is 1.59. The largest absolute Gasteiger partial charge is 1.00 e. The Bertz CT molecular complexity index is 1650. The van der Waals surface area contributed by atoms with Crippen LogP contribution in [0.4, 0.5) is 0 Å². The summed E-state index contributed by atoms with van der Waals surface area (Å²) in [6.45, 7) is 15.1. The van der Waals surface area contributed by atoms with E-state index in [1.165, 1.54) is 10.4 Å². The molecule has 0 aromatic heterocycles. The maximum Gasteiger partial charge on any atom is 0.498 e. The smallest absolute Gasteiger partial charge is 0.498 e. The van der Waals surface area contributed by atoms with Gasteiger partial charge in [-0.2, -0.15) is 0 Å². The van der Waals surface area contributed by atoms with E-state index < -0.39 is 38.7 Å². The number of carbonyl (C=O) groups is 1. The zero-order valence-electron chi connectivity index (χ0n) is 30.7. The molecule has 1 aliphatic rings. The number of benzene rings is 4. The lowest BCUT2D eigenvalue weighted by Gasteiger charge is -2.43. The van der Waals surface area contributed by atoms with Crippen LogP contribution in [0.25, 0.3) is 0 Å². The Morgan fingerprint density at radius 3 is 1.82 bits per heavy atom. The SMILES string of the molecule is COc1ccc([C@H](CO[Si](c2ccccc2)(c2ccccc2)C(C)(C)C)NC(=O)[C@H]([NH3+])Cc2ccccc2)cc1B1OC(C)(C)C(C)(C)O1.[Cl-]. The van der Waals surface area contributed by atoms with E-state index in [1.54, 1.807) is 7.11 Å². The second kappa shape index (κ2) is 15.8. The van der Waals surface area contributed by atoms with Gasteiger partial charge in [0.05, 0.1) is 31.0 Å². The first kappa shape index (κ1) is 39.3. The van der Waals surface area contributed by atoms with Gasteiger partial charge in [0.15, 0.2) is 6.04 Å². The summed E-state index contributed by atoms with van der Waals surface area (Å²) in [5.74, 6) is 0.507. The van der Waals surface area contributed by atoms with Gasteiger partial charge in [-0.25, -0.2) is 0 Å². The minimum Gasteiger partial charge on any atom is -1.00 e. The van der Waals surface area contributed by atoms with Gasteiger partial charge in [0.2, 0.25) is 0 Å². The molecule has 7 nitrogen and oxygen atoms in total. The fourth-order valence-electron chi connectivity index (χ4n) is 6.60. The highest BCUT2D eigenvalue weighted by atomic mass is 35.5. The van der Waals surface area contributed by atoms with Gasteiger partial charge in [0, 0.05) is 11.9 Å². The summed E-state index contributed by atoms with van der Waals surface area (Å²) >= 11 is 0. The van der Waals surface area contributed by atoms with Crippen molar-refractivity contribution < 1.29 is 41.4 Å². The quantitative estimate of drug-likeness (QED) is 0.218. The molecule has 2 atom stereocenters. The fourth-order valence-corrected chi connectivity index (χ4v) is 11.2. The van der Waals surface area contributed by atoms with Crippen LogP contribution in [0.5, 0.6) is 5.75 Å². The monoisotopic (exact) mass is 714 g/mol. The molecule has 50 heavy (non-hydrogen) atoms. The second-order valence-electron chi connectivity index (χ2n) is 15.0. The van der Waals surface area contributed by atoms with Crippen molar-refractivity contribution in [1.82, 2.24) is 5.32 Å². The summed E-state index contributed by atoms with van der Waals surface area (Å²) in [6, 6.07) is 36.0. The van der Waals surface area contributed by atoms with Crippen LogP contribution in [-0.4, -0.2) is 52.3 Å². The summed E-state index contributed by atoms with van der Waals surface area (Å²) in [5.41, 5.74) is 5.89. The van der Waals surface area contributed by atoms with E-state index in [-0.39, 0.29) is 30.0 Å². The molecule has 266 valence electrons. The highest BCUT2D eigenvalue weighted by Gasteiger charge is 2.53. The van der Waals surface area contributed by atoms with E-state index in [0.717, 1.165) is 16.6 Å². The highest BCUT2D eigenvalue weighted by molar-refractivity contribution is 6.99. The van der Waals surface area contributed by atoms with Crippen LogP contribution in [-0.2, 0) is 25.0 Å². The Hall–Kier alpha value is -3.44. The lowest BCUT2D eigenvalue weighted by molar-refractivity contribution is -0.403. The second-order valence-corrected chi connectivity index (χ2v) is 19.3. The van der Waals surface area contributed by atoms with E-state index in [1.807, 2.05) is 88.4 Å². The van der Waals surface area contributed by atoms with E-state index in [0.29, 0.717) is 12.2 Å². The minimum atomic E-state index is -2.92. The third kappa shape index (κ3) is 8.20. The van der Waals surface area contributed by atoms with E-state index in [4.69, 9.17) is 18.5 Å². The number of amides is 1. The summed E-state index contributed by atoms with van der Waals surface area (Å²) in [5, 5.41) is 5.45. The molecule has 10 heteroatoms. The molecule has 1 heterocycles. The molecular weight excluding hydrogens is 663 g/mol.